The smallest absolute Gasteiger partial charge is 0.127 e. The highest BCUT2D eigenvalue weighted by molar-refractivity contribution is 5.14. The molecule has 0 radical (unpaired) electrons. The molecule has 0 aromatic heterocycles. The molecule has 2 aromatic carbocycles. The van der Waals surface area contributed by atoms with Crippen molar-refractivity contribution in [3.63, 3.8) is 0 Å². The minimum atomic E-state index is -0.138. The van der Waals surface area contributed by atoms with Gasteiger partial charge in [-0.1, -0.05) is 60.7 Å². The van der Waals surface area contributed by atoms with Gasteiger partial charge in [-0.15, -0.1) is 0 Å². The summed E-state index contributed by atoms with van der Waals surface area (Å²) < 4.78 is 31.7. The highest BCUT2D eigenvalue weighted by Crippen LogP contribution is 2.37. The normalized spacial score (nSPS) is 31.5. The molecule has 5 rings (SSSR count). The third kappa shape index (κ3) is 5.85. The van der Waals surface area contributed by atoms with Gasteiger partial charge >= 0.3 is 0 Å². The largest absolute Gasteiger partial charge is 0.493 e. The molecule has 2 saturated heterocycles. The van der Waals surface area contributed by atoms with E-state index >= 15 is 0 Å². The molecule has 0 amide bonds. The lowest BCUT2D eigenvalue weighted by atomic mass is 9.89. The standard InChI is InChI=1S/C28H34O5/c1-20-9-8-14-23-25(31-20)16-27-26(32-23)15-24(30-18-22-12-6-3-7-13-22)28(33-27)19-29-17-21-10-4-2-5-11-21/h2-7,9-13,23-28H,8,14-19H2,1H3/t23-,24-,25+,26+,27-,28+/m0/s1. The summed E-state index contributed by atoms with van der Waals surface area (Å²) in [4.78, 5) is 0. The lowest BCUT2D eigenvalue weighted by molar-refractivity contribution is -0.259. The van der Waals surface area contributed by atoms with Gasteiger partial charge in [0.25, 0.3) is 0 Å². The Morgan fingerprint density at radius 2 is 1.48 bits per heavy atom. The Morgan fingerprint density at radius 1 is 0.788 bits per heavy atom. The summed E-state index contributed by atoms with van der Waals surface area (Å²) in [7, 11) is 0. The molecule has 0 spiro atoms. The molecule has 3 aliphatic heterocycles. The molecule has 5 heteroatoms. The quantitative estimate of drug-likeness (QED) is 0.581. The zero-order valence-corrected chi connectivity index (χ0v) is 19.3. The first kappa shape index (κ1) is 22.6. The molecular weight excluding hydrogens is 416 g/mol. The Morgan fingerprint density at radius 3 is 2.24 bits per heavy atom. The predicted octanol–water partition coefficient (Wildman–Crippen LogP) is 5.19. The van der Waals surface area contributed by atoms with Crippen molar-refractivity contribution in [1.29, 1.82) is 0 Å². The van der Waals surface area contributed by atoms with Crippen LogP contribution in [0.3, 0.4) is 0 Å². The fourth-order valence-electron chi connectivity index (χ4n) is 5.06. The summed E-state index contributed by atoms with van der Waals surface area (Å²) in [6.45, 7) is 3.64. The van der Waals surface area contributed by atoms with Crippen LogP contribution in [0.25, 0.3) is 0 Å². The maximum atomic E-state index is 6.58. The van der Waals surface area contributed by atoms with Crippen molar-refractivity contribution in [2.24, 2.45) is 0 Å². The van der Waals surface area contributed by atoms with Crippen LogP contribution in [0.4, 0.5) is 0 Å². The molecule has 3 aliphatic rings. The Hall–Kier alpha value is -2.18. The molecule has 0 bridgehead atoms. The van der Waals surface area contributed by atoms with Crippen molar-refractivity contribution in [1.82, 2.24) is 0 Å². The van der Waals surface area contributed by atoms with Gasteiger partial charge < -0.3 is 23.7 Å². The fourth-order valence-corrected chi connectivity index (χ4v) is 5.06. The molecule has 0 N–H and O–H groups in total. The fraction of sp³-hybridized carbons (Fsp3) is 0.500. The zero-order valence-electron chi connectivity index (χ0n) is 19.3. The van der Waals surface area contributed by atoms with E-state index in [0.29, 0.717) is 19.8 Å². The van der Waals surface area contributed by atoms with Crippen molar-refractivity contribution in [3.8, 4) is 0 Å². The van der Waals surface area contributed by atoms with Crippen LogP contribution >= 0.6 is 0 Å². The molecule has 6 atom stereocenters. The lowest BCUT2D eigenvalue weighted by Crippen LogP contribution is -2.57. The summed E-state index contributed by atoms with van der Waals surface area (Å²) in [5.74, 6) is 0.993. The zero-order chi connectivity index (χ0) is 22.5. The van der Waals surface area contributed by atoms with Crippen LogP contribution in [0.1, 0.15) is 43.7 Å². The monoisotopic (exact) mass is 450 g/mol. The second-order valence-corrected chi connectivity index (χ2v) is 9.28. The molecule has 0 saturated carbocycles. The van der Waals surface area contributed by atoms with E-state index in [2.05, 4.69) is 30.3 Å². The first-order chi connectivity index (χ1) is 16.2. The summed E-state index contributed by atoms with van der Waals surface area (Å²) in [5.41, 5.74) is 2.32. The van der Waals surface area contributed by atoms with E-state index in [-0.39, 0.29) is 36.6 Å². The van der Waals surface area contributed by atoms with Crippen LogP contribution in [0, 0.1) is 0 Å². The van der Waals surface area contributed by atoms with Gasteiger partial charge in [-0.25, -0.2) is 0 Å². The molecule has 33 heavy (non-hydrogen) atoms. The first-order valence-electron chi connectivity index (χ1n) is 12.2. The number of ether oxygens (including phenoxy) is 5. The third-order valence-electron chi connectivity index (χ3n) is 6.79. The lowest BCUT2D eigenvalue weighted by Gasteiger charge is -2.47. The molecule has 0 unspecified atom stereocenters. The molecule has 3 heterocycles. The van der Waals surface area contributed by atoms with E-state index in [0.717, 1.165) is 42.6 Å². The Bertz CT molecular complexity index is 899. The predicted molar refractivity (Wildman–Crippen MR) is 126 cm³/mol. The van der Waals surface area contributed by atoms with Crippen LogP contribution in [0.15, 0.2) is 72.5 Å². The van der Waals surface area contributed by atoms with E-state index in [1.807, 2.05) is 43.3 Å². The van der Waals surface area contributed by atoms with Gasteiger partial charge in [0.2, 0.25) is 0 Å². The molecule has 5 nitrogen and oxygen atoms in total. The second kappa shape index (κ2) is 10.8. The summed E-state index contributed by atoms with van der Waals surface area (Å²) in [5, 5.41) is 0. The number of benzene rings is 2. The number of fused-ring (bicyclic) bond motifs is 2. The molecule has 0 aliphatic carbocycles. The van der Waals surface area contributed by atoms with E-state index in [9.17, 15) is 0 Å². The van der Waals surface area contributed by atoms with Gasteiger partial charge in [0.1, 0.15) is 12.2 Å². The third-order valence-corrected chi connectivity index (χ3v) is 6.79. The highest BCUT2D eigenvalue weighted by Gasteiger charge is 2.47. The molecule has 2 fully saturated rings. The van der Waals surface area contributed by atoms with Gasteiger partial charge in [-0.3, -0.25) is 0 Å². The van der Waals surface area contributed by atoms with Gasteiger partial charge in [-0.2, -0.15) is 0 Å². The topological polar surface area (TPSA) is 46.2 Å². The Labute approximate surface area is 196 Å². The minimum absolute atomic E-state index is 0.000879. The van der Waals surface area contributed by atoms with Crippen molar-refractivity contribution in [2.45, 2.75) is 82.4 Å². The van der Waals surface area contributed by atoms with E-state index in [1.54, 1.807) is 0 Å². The Balaban J connectivity index is 1.24. The van der Waals surface area contributed by atoms with Gasteiger partial charge in [0, 0.05) is 12.8 Å². The van der Waals surface area contributed by atoms with Crippen LogP contribution in [-0.4, -0.2) is 43.2 Å². The number of allylic oxidation sites excluding steroid dienone is 2. The minimum Gasteiger partial charge on any atom is -0.493 e. The second-order valence-electron chi connectivity index (χ2n) is 9.28. The number of rotatable bonds is 7. The summed E-state index contributed by atoms with van der Waals surface area (Å²) in [6, 6.07) is 20.5. The van der Waals surface area contributed by atoms with Crippen LogP contribution < -0.4 is 0 Å². The number of hydrogen-bond acceptors (Lipinski definition) is 5. The van der Waals surface area contributed by atoms with E-state index in [4.69, 9.17) is 23.7 Å². The molecular formula is C28H34O5. The van der Waals surface area contributed by atoms with Gasteiger partial charge in [0.05, 0.1) is 50.0 Å². The molecule has 176 valence electrons. The SMILES string of the molecule is CC1=CCC[C@@H]2O[C@@H]3C[C@H](OCc4ccccc4)[C@@H](COCc4ccccc4)O[C@H]3C[C@H]2O1. The van der Waals surface area contributed by atoms with E-state index < -0.39 is 0 Å². The average Bonchev–Trinajstić information content (AvgIpc) is 3.02. The van der Waals surface area contributed by atoms with Crippen LogP contribution in [0.2, 0.25) is 0 Å². The van der Waals surface area contributed by atoms with Crippen molar-refractivity contribution < 1.29 is 23.7 Å². The Kier molecular flexibility index (Phi) is 7.42. The van der Waals surface area contributed by atoms with Gasteiger partial charge in [-0.05, 0) is 37.0 Å². The van der Waals surface area contributed by atoms with Gasteiger partial charge in [0.15, 0.2) is 0 Å². The maximum absolute atomic E-state index is 6.58. The van der Waals surface area contributed by atoms with Crippen molar-refractivity contribution in [2.75, 3.05) is 6.61 Å². The summed E-state index contributed by atoms with van der Waals surface area (Å²) >= 11 is 0. The van der Waals surface area contributed by atoms with E-state index in [1.165, 1.54) is 0 Å². The molecule has 2 aromatic rings. The van der Waals surface area contributed by atoms with Crippen LogP contribution in [0.5, 0.6) is 0 Å². The highest BCUT2D eigenvalue weighted by atomic mass is 16.6. The van der Waals surface area contributed by atoms with Crippen LogP contribution in [-0.2, 0) is 36.9 Å². The van der Waals surface area contributed by atoms with Crippen molar-refractivity contribution >= 4 is 0 Å². The average molecular weight is 451 g/mol. The summed E-state index contributed by atoms with van der Waals surface area (Å²) in [6.07, 6.45) is 5.79. The first-order valence-corrected chi connectivity index (χ1v) is 12.2. The maximum Gasteiger partial charge on any atom is 0.127 e. The number of hydrogen-bond donors (Lipinski definition) is 0. The van der Waals surface area contributed by atoms with Crippen molar-refractivity contribution in [3.05, 3.63) is 83.6 Å².